The van der Waals surface area contributed by atoms with Crippen LogP contribution >= 0.6 is 0 Å². The SMILES string of the molecule is COCc1nn2c(c1S(=N)(N)=O)OCC(C)C2. The van der Waals surface area contributed by atoms with E-state index < -0.39 is 9.92 Å². The van der Waals surface area contributed by atoms with Crippen LogP contribution in [0.4, 0.5) is 0 Å². The summed E-state index contributed by atoms with van der Waals surface area (Å²) >= 11 is 0. The molecule has 2 heterocycles. The fourth-order valence-corrected chi connectivity index (χ4v) is 2.72. The van der Waals surface area contributed by atoms with Gasteiger partial charge in [0, 0.05) is 13.0 Å². The molecule has 1 aromatic heterocycles. The fourth-order valence-electron chi connectivity index (χ4n) is 1.85. The van der Waals surface area contributed by atoms with Crippen LogP contribution in [0.5, 0.6) is 5.88 Å². The van der Waals surface area contributed by atoms with Crippen molar-refractivity contribution in [1.82, 2.24) is 9.78 Å². The van der Waals surface area contributed by atoms with Gasteiger partial charge < -0.3 is 9.47 Å². The Morgan fingerprint density at radius 3 is 3.06 bits per heavy atom. The minimum Gasteiger partial charge on any atom is -0.477 e. The van der Waals surface area contributed by atoms with Crippen molar-refractivity contribution in [3.63, 3.8) is 0 Å². The number of aromatic nitrogens is 2. The van der Waals surface area contributed by atoms with Gasteiger partial charge in [0.25, 0.3) is 0 Å². The lowest BCUT2D eigenvalue weighted by molar-refractivity contribution is 0.169. The predicted octanol–water partition coefficient (Wildman–Crippen LogP) is 0.337. The monoisotopic (exact) mass is 260 g/mol. The summed E-state index contributed by atoms with van der Waals surface area (Å²) in [4.78, 5) is 0.159. The zero-order valence-corrected chi connectivity index (χ0v) is 10.6. The number of nitrogens with one attached hydrogen (secondary N) is 1. The van der Waals surface area contributed by atoms with E-state index in [9.17, 15) is 4.21 Å². The van der Waals surface area contributed by atoms with E-state index in [-0.39, 0.29) is 11.5 Å². The van der Waals surface area contributed by atoms with Gasteiger partial charge in [-0.1, -0.05) is 6.92 Å². The lowest BCUT2D eigenvalue weighted by Gasteiger charge is -2.21. The highest BCUT2D eigenvalue weighted by Crippen LogP contribution is 2.31. The predicted molar refractivity (Wildman–Crippen MR) is 60.9 cm³/mol. The van der Waals surface area contributed by atoms with Gasteiger partial charge >= 0.3 is 0 Å². The first-order valence-corrected chi connectivity index (χ1v) is 6.83. The Morgan fingerprint density at radius 2 is 2.47 bits per heavy atom. The first kappa shape index (κ1) is 12.3. The molecule has 1 aromatic rings. The van der Waals surface area contributed by atoms with Crippen molar-refractivity contribution in [2.75, 3.05) is 13.7 Å². The molecule has 1 aliphatic rings. The molecule has 0 amide bonds. The van der Waals surface area contributed by atoms with Crippen LogP contribution in [0.25, 0.3) is 0 Å². The third-order valence-corrected chi connectivity index (χ3v) is 3.52. The Bertz CT molecular complexity index is 523. The molecule has 0 bridgehead atoms. The first-order valence-electron chi connectivity index (χ1n) is 5.21. The average molecular weight is 260 g/mol. The van der Waals surface area contributed by atoms with Crippen molar-refractivity contribution in [2.45, 2.75) is 25.0 Å². The molecule has 0 saturated carbocycles. The molecule has 0 aromatic carbocycles. The van der Waals surface area contributed by atoms with Gasteiger partial charge in [0.1, 0.15) is 20.5 Å². The number of rotatable bonds is 3. The van der Waals surface area contributed by atoms with Crippen LogP contribution in [0.1, 0.15) is 12.6 Å². The molecule has 0 saturated heterocycles. The molecular weight excluding hydrogens is 244 g/mol. The molecule has 0 spiro atoms. The Hall–Kier alpha value is -1.12. The van der Waals surface area contributed by atoms with Gasteiger partial charge in [-0.25, -0.2) is 18.8 Å². The maximum atomic E-state index is 11.8. The summed E-state index contributed by atoms with van der Waals surface area (Å²) in [5.41, 5.74) is 0.416. The molecule has 1 aliphatic heterocycles. The number of hydrogen-bond donors (Lipinski definition) is 2. The molecule has 7 nitrogen and oxygen atoms in total. The molecule has 0 fully saturated rings. The second kappa shape index (κ2) is 4.28. The van der Waals surface area contributed by atoms with E-state index in [2.05, 4.69) is 5.10 Å². The maximum Gasteiger partial charge on any atom is 0.231 e. The second-order valence-corrected chi connectivity index (χ2v) is 5.82. The quantitative estimate of drug-likeness (QED) is 0.817. The van der Waals surface area contributed by atoms with Crippen LogP contribution in [0.3, 0.4) is 0 Å². The normalized spacial score (nSPS) is 22.6. The zero-order valence-electron chi connectivity index (χ0n) is 9.80. The van der Waals surface area contributed by atoms with Crippen molar-refractivity contribution in [2.24, 2.45) is 11.1 Å². The van der Waals surface area contributed by atoms with Crippen LogP contribution in [0.15, 0.2) is 4.90 Å². The van der Waals surface area contributed by atoms with Crippen LogP contribution in [0.2, 0.25) is 0 Å². The Morgan fingerprint density at radius 1 is 1.76 bits per heavy atom. The van der Waals surface area contributed by atoms with Gasteiger partial charge in [-0.2, -0.15) is 5.10 Å². The van der Waals surface area contributed by atoms with Crippen molar-refractivity contribution in [3.05, 3.63) is 5.69 Å². The van der Waals surface area contributed by atoms with Crippen molar-refractivity contribution < 1.29 is 13.7 Å². The number of nitrogens with two attached hydrogens (primary N) is 1. The molecule has 96 valence electrons. The summed E-state index contributed by atoms with van der Waals surface area (Å²) in [5.74, 6) is 0.669. The largest absolute Gasteiger partial charge is 0.477 e. The Balaban J connectivity index is 2.55. The molecule has 2 atom stereocenters. The van der Waals surface area contributed by atoms with Crippen LogP contribution in [-0.2, 0) is 27.8 Å². The minimum absolute atomic E-state index is 0.159. The molecular formula is C9H16N4O3S. The topological polar surface area (TPSA) is 103 Å². The number of fused-ring (bicyclic) bond motifs is 1. The van der Waals surface area contributed by atoms with Gasteiger partial charge in [0.15, 0.2) is 0 Å². The van der Waals surface area contributed by atoms with Crippen molar-refractivity contribution >= 4 is 9.92 Å². The standard InChI is InChI=1S/C9H16N4O3S/c1-6-3-13-9(16-4-6)8(17(10,11)14)7(12-13)5-15-2/h6H,3-5H2,1-2H3,(H3,10,11,14). The smallest absolute Gasteiger partial charge is 0.231 e. The van der Waals surface area contributed by atoms with Crippen molar-refractivity contribution in [3.8, 4) is 5.88 Å². The molecule has 2 rings (SSSR count). The highest BCUT2D eigenvalue weighted by Gasteiger charge is 2.29. The number of methoxy groups -OCH3 is 1. The van der Waals surface area contributed by atoms with Gasteiger partial charge in [0.05, 0.1) is 19.8 Å². The third kappa shape index (κ3) is 2.28. The van der Waals surface area contributed by atoms with Gasteiger partial charge in [0.2, 0.25) is 5.88 Å². The van der Waals surface area contributed by atoms with E-state index in [1.807, 2.05) is 6.92 Å². The number of hydrogen-bond acceptors (Lipinski definition) is 5. The van der Waals surface area contributed by atoms with Crippen LogP contribution in [0, 0.1) is 10.7 Å². The molecule has 0 radical (unpaired) electrons. The zero-order chi connectivity index (χ0) is 12.6. The van der Waals surface area contributed by atoms with Crippen LogP contribution < -0.4 is 9.88 Å². The lowest BCUT2D eigenvalue weighted by atomic mass is 10.2. The molecule has 17 heavy (non-hydrogen) atoms. The van der Waals surface area contributed by atoms with E-state index in [1.54, 1.807) is 4.68 Å². The second-order valence-electron chi connectivity index (χ2n) is 4.21. The highest BCUT2D eigenvalue weighted by molar-refractivity contribution is 7.90. The maximum absolute atomic E-state index is 11.8. The number of nitrogens with zero attached hydrogens (tertiary/aromatic N) is 2. The summed E-state index contributed by atoms with van der Waals surface area (Å²) in [5, 5.41) is 9.64. The molecule has 2 unspecified atom stereocenters. The summed E-state index contributed by atoms with van der Waals surface area (Å²) in [6.07, 6.45) is 0. The highest BCUT2D eigenvalue weighted by atomic mass is 32.2. The Labute approximate surface area is 100.0 Å². The summed E-state index contributed by atoms with van der Waals surface area (Å²) < 4.78 is 31.3. The Kier molecular flexibility index (Phi) is 3.11. The van der Waals surface area contributed by atoms with E-state index >= 15 is 0 Å². The van der Waals surface area contributed by atoms with Crippen LogP contribution in [-0.4, -0.2) is 27.7 Å². The van der Waals surface area contributed by atoms with Gasteiger partial charge in [-0.15, -0.1) is 0 Å². The van der Waals surface area contributed by atoms with E-state index in [1.165, 1.54) is 7.11 Å². The van der Waals surface area contributed by atoms with E-state index in [4.69, 9.17) is 19.4 Å². The fraction of sp³-hybridized carbons (Fsp3) is 0.667. The number of ether oxygens (including phenoxy) is 2. The van der Waals surface area contributed by atoms with Gasteiger partial charge in [-0.3, -0.25) is 0 Å². The lowest BCUT2D eigenvalue weighted by Crippen LogP contribution is -2.24. The van der Waals surface area contributed by atoms with E-state index in [0.29, 0.717) is 30.6 Å². The minimum atomic E-state index is -3.36. The van der Waals surface area contributed by atoms with Gasteiger partial charge in [-0.05, 0) is 0 Å². The van der Waals surface area contributed by atoms with E-state index in [0.717, 1.165) is 0 Å². The summed E-state index contributed by atoms with van der Waals surface area (Å²) in [6.45, 7) is 3.38. The first-order chi connectivity index (χ1) is 7.93. The summed E-state index contributed by atoms with van der Waals surface area (Å²) in [6, 6.07) is 0. The molecule has 0 aliphatic carbocycles. The third-order valence-electron chi connectivity index (χ3n) is 2.51. The molecule has 8 heteroatoms. The average Bonchev–Trinajstić information content (AvgIpc) is 2.54. The molecule has 3 N–H and O–H groups in total. The van der Waals surface area contributed by atoms with Crippen molar-refractivity contribution in [1.29, 1.82) is 4.78 Å². The summed E-state index contributed by atoms with van der Waals surface area (Å²) in [7, 11) is -1.85.